The number of anilines is 1. The van der Waals surface area contributed by atoms with Gasteiger partial charge in [0.1, 0.15) is 10.6 Å². The molecule has 0 unspecified atom stereocenters. The third-order valence-electron chi connectivity index (χ3n) is 3.27. The number of carbonyl (C=O) groups is 1. The topological polar surface area (TPSA) is 84.5 Å². The van der Waals surface area contributed by atoms with Crippen LogP contribution < -0.4 is 14.8 Å². The number of rotatable bonds is 6. The van der Waals surface area contributed by atoms with Gasteiger partial charge in [0.2, 0.25) is 15.9 Å². The van der Waals surface area contributed by atoms with Crippen LogP contribution in [0.2, 0.25) is 10.0 Å². The molecule has 0 aromatic heterocycles. The Labute approximate surface area is 156 Å². The molecule has 0 aliphatic rings. The van der Waals surface area contributed by atoms with Crippen LogP contribution in [0.1, 0.15) is 6.92 Å². The van der Waals surface area contributed by atoms with Crippen molar-refractivity contribution in [2.75, 3.05) is 12.4 Å². The summed E-state index contributed by atoms with van der Waals surface area (Å²) >= 11 is 11.7. The van der Waals surface area contributed by atoms with Crippen LogP contribution >= 0.6 is 23.2 Å². The molecule has 0 heterocycles. The lowest BCUT2D eigenvalue weighted by atomic mass is 10.2. The van der Waals surface area contributed by atoms with E-state index in [2.05, 4.69) is 10.0 Å². The van der Waals surface area contributed by atoms with Crippen molar-refractivity contribution in [3.05, 3.63) is 52.5 Å². The van der Waals surface area contributed by atoms with E-state index in [9.17, 15) is 13.2 Å². The molecule has 0 aliphatic carbocycles. The molecular weight excluding hydrogens is 387 g/mol. The van der Waals surface area contributed by atoms with Crippen molar-refractivity contribution in [1.82, 2.24) is 4.72 Å². The lowest BCUT2D eigenvalue weighted by Gasteiger charge is -2.16. The molecule has 2 aromatic carbocycles. The maximum Gasteiger partial charge on any atom is 0.242 e. The molecule has 25 heavy (non-hydrogen) atoms. The van der Waals surface area contributed by atoms with Crippen LogP contribution in [0.3, 0.4) is 0 Å². The van der Waals surface area contributed by atoms with Crippen molar-refractivity contribution in [2.24, 2.45) is 0 Å². The van der Waals surface area contributed by atoms with Gasteiger partial charge in [-0.15, -0.1) is 0 Å². The standard InChI is InChI=1S/C16H16Cl2N2O4S/c1-10(16(21)19-13-5-3-4-6-14(13)24-2)20-25(22,23)15-9-11(17)7-8-12(15)18/h3-10,20H,1-2H3,(H,19,21)/t10-/m0/s1. The van der Waals surface area contributed by atoms with Crippen LogP contribution in [0.15, 0.2) is 47.4 Å². The minimum absolute atomic E-state index is 0.00855. The first kappa shape index (κ1) is 19.5. The highest BCUT2D eigenvalue weighted by Crippen LogP contribution is 2.26. The normalized spacial score (nSPS) is 12.5. The highest BCUT2D eigenvalue weighted by atomic mass is 35.5. The summed E-state index contributed by atoms with van der Waals surface area (Å²) in [5.74, 6) is -0.0879. The molecule has 9 heteroatoms. The third kappa shape index (κ3) is 4.85. The molecule has 1 amide bonds. The number of hydrogen-bond acceptors (Lipinski definition) is 4. The fraction of sp³-hybridized carbons (Fsp3) is 0.188. The SMILES string of the molecule is COc1ccccc1NC(=O)[C@H](C)NS(=O)(=O)c1cc(Cl)ccc1Cl. The second-order valence-corrected chi connectivity index (χ2v) is 7.63. The number of ether oxygens (including phenoxy) is 1. The van der Waals surface area contributed by atoms with Crippen molar-refractivity contribution >= 4 is 44.8 Å². The summed E-state index contributed by atoms with van der Waals surface area (Å²) < 4.78 is 32.3. The Morgan fingerprint density at radius 3 is 2.52 bits per heavy atom. The summed E-state index contributed by atoms with van der Waals surface area (Å²) in [7, 11) is -2.55. The van der Waals surface area contributed by atoms with Crippen LogP contribution in [0.4, 0.5) is 5.69 Å². The molecule has 0 bridgehead atoms. The van der Waals surface area contributed by atoms with Gasteiger partial charge in [-0.1, -0.05) is 35.3 Å². The van der Waals surface area contributed by atoms with Crippen molar-refractivity contribution < 1.29 is 17.9 Å². The summed E-state index contributed by atoms with van der Waals surface area (Å²) in [6.07, 6.45) is 0. The molecule has 1 atom stereocenters. The van der Waals surface area contributed by atoms with Gasteiger partial charge >= 0.3 is 0 Å². The monoisotopic (exact) mass is 402 g/mol. The molecule has 6 nitrogen and oxygen atoms in total. The van der Waals surface area contributed by atoms with E-state index in [1.165, 1.54) is 32.2 Å². The number of halogens is 2. The number of hydrogen-bond donors (Lipinski definition) is 2. The first-order valence-electron chi connectivity index (χ1n) is 7.16. The molecule has 0 fully saturated rings. The van der Waals surface area contributed by atoms with Crippen LogP contribution in [0, 0.1) is 0 Å². The minimum Gasteiger partial charge on any atom is -0.495 e. The Bertz CT molecular complexity index is 887. The molecule has 0 aliphatic heterocycles. The smallest absolute Gasteiger partial charge is 0.242 e. The number of carbonyl (C=O) groups excluding carboxylic acids is 1. The van der Waals surface area contributed by atoms with E-state index >= 15 is 0 Å². The average molecular weight is 403 g/mol. The van der Waals surface area contributed by atoms with Gasteiger partial charge in [0, 0.05) is 5.02 Å². The van der Waals surface area contributed by atoms with Gasteiger partial charge < -0.3 is 10.1 Å². The quantitative estimate of drug-likeness (QED) is 0.775. The Balaban J connectivity index is 2.16. The fourth-order valence-electron chi connectivity index (χ4n) is 2.02. The van der Waals surface area contributed by atoms with Gasteiger partial charge in [0.15, 0.2) is 0 Å². The Kier molecular flexibility index (Phi) is 6.29. The van der Waals surface area contributed by atoms with Crippen molar-refractivity contribution in [3.8, 4) is 5.75 Å². The molecule has 2 N–H and O–H groups in total. The maximum atomic E-state index is 12.4. The van der Waals surface area contributed by atoms with Crippen LogP contribution in [-0.4, -0.2) is 27.5 Å². The van der Waals surface area contributed by atoms with Crippen LogP contribution in [0.5, 0.6) is 5.75 Å². The fourth-order valence-corrected chi connectivity index (χ4v) is 3.99. The Morgan fingerprint density at radius 1 is 1.16 bits per heavy atom. The lowest BCUT2D eigenvalue weighted by molar-refractivity contribution is -0.117. The van der Waals surface area contributed by atoms with E-state index in [-0.39, 0.29) is 14.9 Å². The molecule has 134 valence electrons. The maximum absolute atomic E-state index is 12.4. The van der Waals surface area contributed by atoms with Crippen LogP contribution in [-0.2, 0) is 14.8 Å². The third-order valence-corrected chi connectivity index (χ3v) is 5.53. The molecule has 0 saturated carbocycles. The van der Waals surface area contributed by atoms with Gasteiger partial charge in [-0.05, 0) is 37.3 Å². The zero-order chi connectivity index (χ0) is 18.6. The van der Waals surface area contributed by atoms with Crippen molar-refractivity contribution in [3.63, 3.8) is 0 Å². The summed E-state index contributed by atoms with van der Waals surface area (Å²) in [6.45, 7) is 1.42. The van der Waals surface area contributed by atoms with E-state index in [1.54, 1.807) is 24.3 Å². The predicted octanol–water partition coefficient (Wildman–Crippen LogP) is 3.31. The van der Waals surface area contributed by atoms with Gasteiger partial charge in [-0.25, -0.2) is 8.42 Å². The highest BCUT2D eigenvalue weighted by molar-refractivity contribution is 7.89. The molecular formula is C16H16Cl2N2O4S. The zero-order valence-electron chi connectivity index (χ0n) is 13.4. The minimum atomic E-state index is -4.02. The molecule has 0 spiro atoms. The van der Waals surface area contributed by atoms with E-state index < -0.39 is 22.0 Å². The van der Waals surface area contributed by atoms with Gasteiger partial charge in [-0.3, -0.25) is 4.79 Å². The second-order valence-electron chi connectivity index (χ2n) is 5.11. The highest BCUT2D eigenvalue weighted by Gasteiger charge is 2.25. The van der Waals surface area contributed by atoms with Gasteiger partial charge in [0.05, 0.1) is 23.9 Å². The van der Waals surface area contributed by atoms with Crippen LogP contribution in [0.25, 0.3) is 0 Å². The molecule has 0 saturated heterocycles. The number of sulfonamides is 1. The average Bonchev–Trinajstić information content (AvgIpc) is 2.57. The van der Waals surface area contributed by atoms with E-state index in [0.717, 1.165) is 0 Å². The first-order valence-corrected chi connectivity index (χ1v) is 9.40. The van der Waals surface area contributed by atoms with Crippen molar-refractivity contribution in [2.45, 2.75) is 17.9 Å². The van der Waals surface area contributed by atoms with E-state index in [1.807, 2.05) is 0 Å². The molecule has 2 rings (SSSR count). The zero-order valence-corrected chi connectivity index (χ0v) is 15.7. The summed E-state index contributed by atoms with van der Waals surface area (Å²) in [6, 6.07) is 9.81. The largest absolute Gasteiger partial charge is 0.495 e. The van der Waals surface area contributed by atoms with Gasteiger partial charge in [0.25, 0.3) is 0 Å². The predicted molar refractivity (Wildman–Crippen MR) is 97.9 cm³/mol. The first-order chi connectivity index (χ1) is 11.7. The van der Waals surface area contributed by atoms with E-state index in [0.29, 0.717) is 11.4 Å². The van der Waals surface area contributed by atoms with Crippen molar-refractivity contribution in [1.29, 1.82) is 0 Å². The summed E-state index contributed by atoms with van der Waals surface area (Å²) in [5.41, 5.74) is 0.432. The molecule has 2 aromatic rings. The second kappa shape index (κ2) is 8.05. The summed E-state index contributed by atoms with van der Waals surface area (Å²) in [5, 5.41) is 2.84. The van der Waals surface area contributed by atoms with Gasteiger partial charge in [-0.2, -0.15) is 4.72 Å². The number of para-hydroxylation sites is 2. The number of methoxy groups -OCH3 is 1. The lowest BCUT2D eigenvalue weighted by Crippen LogP contribution is -2.41. The number of benzene rings is 2. The summed E-state index contributed by atoms with van der Waals surface area (Å²) in [4.78, 5) is 12.1. The number of nitrogens with one attached hydrogen (secondary N) is 2. The Morgan fingerprint density at radius 2 is 1.84 bits per heavy atom. The number of amides is 1. The molecule has 0 radical (unpaired) electrons. The Hall–Kier alpha value is -1.80. The van der Waals surface area contributed by atoms with E-state index in [4.69, 9.17) is 27.9 Å².